The summed E-state index contributed by atoms with van der Waals surface area (Å²) in [5.74, 6) is 1.49. The van der Waals surface area contributed by atoms with Crippen LogP contribution in [0.4, 0.5) is 0 Å². The lowest BCUT2D eigenvalue weighted by atomic mass is 9.96. The van der Waals surface area contributed by atoms with Gasteiger partial charge < -0.3 is 10.1 Å². The van der Waals surface area contributed by atoms with Crippen LogP contribution in [0.2, 0.25) is 0 Å². The van der Waals surface area contributed by atoms with Crippen molar-refractivity contribution >= 4 is 5.91 Å². The second kappa shape index (κ2) is 4.78. The molecule has 1 saturated heterocycles. The Bertz CT molecular complexity index is 426. The van der Waals surface area contributed by atoms with Gasteiger partial charge in [-0.25, -0.2) is 0 Å². The highest BCUT2D eigenvalue weighted by atomic mass is 16.5. The summed E-state index contributed by atoms with van der Waals surface area (Å²) in [5, 5.41) is 2.99. The van der Waals surface area contributed by atoms with Crippen LogP contribution >= 0.6 is 0 Å². The molecule has 0 radical (unpaired) electrons. The number of hydrogen-bond donors (Lipinski definition) is 1. The van der Waals surface area contributed by atoms with E-state index in [2.05, 4.69) is 25.2 Å². The van der Waals surface area contributed by atoms with Crippen LogP contribution in [0.15, 0.2) is 18.2 Å². The molecule has 92 valence electrons. The fraction of sp³-hybridized carbons (Fsp3) is 0.500. The van der Waals surface area contributed by atoms with Gasteiger partial charge in [-0.2, -0.15) is 0 Å². The standard InChI is InChI=1S/C14H19NO2/c1-9(2)11-8-10(4-6-13(11)17-3)12-5-7-14(16)15-12/h4,6,8-9,12H,5,7H2,1-3H3,(H,15,16). The van der Waals surface area contributed by atoms with E-state index in [1.54, 1.807) is 7.11 Å². The highest BCUT2D eigenvalue weighted by Crippen LogP contribution is 2.31. The van der Waals surface area contributed by atoms with Gasteiger partial charge in [-0.1, -0.05) is 19.9 Å². The highest BCUT2D eigenvalue weighted by Gasteiger charge is 2.23. The quantitative estimate of drug-likeness (QED) is 0.871. The van der Waals surface area contributed by atoms with Crippen molar-refractivity contribution in [1.29, 1.82) is 0 Å². The molecule has 1 aromatic carbocycles. The van der Waals surface area contributed by atoms with Gasteiger partial charge in [-0.15, -0.1) is 0 Å². The zero-order valence-electron chi connectivity index (χ0n) is 10.6. The van der Waals surface area contributed by atoms with E-state index < -0.39 is 0 Å². The van der Waals surface area contributed by atoms with Crippen LogP contribution in [0, 0.1) is 0 Å². The van der Waals surface area contributed by atoms with E-state index in [1.165, 1.54) is 11.1 Å². The van der Waals surface area contributed by atoms with Gasteiger partial charge >= 0.3 is 0 Å². The predicted molar refractivity (Wildman–Crippen MR) is 67.2 cm³/mol. The maximum absolute atomic E-state index is 11.2. The third-order valence-corrected chi connectivity index (χ3v) is 3.27. The molecule has 3 heteroatoms. The number of hydrogen-bond acceptors (Lipinski definition) is 2. The van der Waals surface area contributed by atoms with Gasteiger partial charge in [-0.05, 0) is 35.6 Å². The molecule has 1 aliphatic rings. The molecule has 0 saturated carbocycles. The lowest BCUT2D eigenvalue weighted by Gasteiger charge is -2.16. The van der Waals surface area contributed by atoms with Crippen molar-refractivity contribution < 1.29 is 9.53 Å². The molecule has 0 aromatic heterocycles. The van der Waals surface area contributed by atoms with Crippen LogP contribution in [-0.2, 0) is 4.79 Å². The molecule has 3 nitrogen and oxygen atoms in total. The van der Waals surface area contributed by atoms with E-state index in [4.69, 9.17) is 4.74 Å². The topological polar surface area (TPSA) is 38.3 Å². The normalized spacial score (nSPS) is 19.5. The fourth-order valence-electron chi connectivity index (χ4n) is 2.28. The maximum Gasteiger partial charge on any atom is 0.220 e. The number of amides is 1. The largest absolute Gasteiger partial charge is 0.496 e. The molecule has 1 N–H and O–H groups in total. The Labute approximate surface area is 102 Å². The van der Waals surface area contributed by atoms with Gasteiger partial charge in [0.15, 0.2) is 0 Å². The van der Waals surface area contributed by atoms with Crippen LogP contribution in [0.5, 0.6) is 5.75 Å². The van der Waals surface area contributed by atoms with Crippen LogP contribution < -0.4 is 10.1 Å². The molecule has 1 unspecified atom stereocenters. The average Bonchev–Trinajstić information content (AvgIpc) is 2.75. The first-order valence-corrected chi connectivity index (χ1v) is 6.09. The third-order valence-electron chi connectivity index (χ3n) is 3.27. The van der Waals surface area contributed by atoms with E-state index in [0.29, 0.717) is 12.3 Å². The molecule has 0 aliphatic carbocycles. The zero-order chi connectivity index (χ0) is 12.4. The van der Waals surface area contributed by atoms with E-state index in [0.717, 1.165) is 12.2 Å². The minimum absolute atomic E-state index is 0.150. The Morgan fingerprint density at radius 3 is 2.71 bits per heavy atom. The molecule has 2 rings (SSSR count). The van der Waals surface area contributed by atoms with Crippen molar-refractivity contribution in [3.05, 3.63) is 29.3 Å². The first kappa shape index (κ1) is 12.0. The summed E-state index contributed by atoms with van der Waals surface area (Å²) in [6.07, 6.45) is 1.52. The monoisotopic (exact) mass is 233 g/mol. The van der Waals surface area contributed by atoms with Gasteiger partial charge in [0.2, 0.25) is 5.91 Å². The number of carbonyl (C=O) groups excluding carboxylic acids is 1. The molecule has 1 atom stereocenters. The van der Waals surface area contributed by atoms with Crippen LogP contribution in [-0.4, -0.2) is 13.0 Å². The molecular formula is C14H19NO2. The number of methoxy groups -OCH3 is 1. The predicted octanol–water partition coefficient (Wildman–Crippen LogP) is 2.77. The lowest BCUT2D eigenvalue weighted by Crippen LogP contribution is -2.18. The molecule has 0 spiro atoms. The van der Waals surface area contributed by atoms with Gasteiger partial charge in [-0.3, -0.25) is 4.79 Å². The van der Waals surface area contributed by atoms with E-state index in [1.807, 2.05) is 12.1 Å². The van der Waals surface area contributed by atoms with E-state index in [-0.39, 0.29) is 11.9 Å². The number of carbonyl (C=O) groups is 1. The van der Waals surface area contributed by atoms with Crippen molar-refractivity contribution in [2.24, 2.45) is 0 Å². The number of rotatable bonds is 3. The molecule has 1 fully saturated rings. The van der Waals surface area contributed by atoms with Crippen LogP contribution in [0.1, 0.15) is 49.8 Å². The molecule has 0 bridgehead atoms. The van der Waals surface area contributed by atoms with Crippen molar-refractivity contribution in [3.8, 4) is 5.75 Å². The van der Waals surface area contributed by atoms with E-state index >= 15 is 0 Å². The van der Waals surface area contributed by atoms with Gasteiger partial charge in [0.05, 0.1) is 13.2 Å². The maximum atomic E-state index is 11.2. The molecule has 1 amide bonds. The average molecular weight is 233 g/mol. The SMILES string of the molecule is COc1ccc(C2CCC(=O)N2)cc1C(C)C. The van der Waals surface area contributed by atoms with Crippen molar-refractivity contribution in [3.63, 3.8) is 0 Å². The number of benzene rings is 1. The number of nitrogens with one attached hydrogen (secondary N) is 1. The minimum Gasteiger partial charge on any atom is -0.496 e. The summed E-state index contributed by atoms with van der Waals surface area (Å²) in [6, 6.07) is 6.36. The second-order valence-corrected chi connectivity index (χ2v) is 4.81. The summed E-state index contributed by atoms with van der Waals surface area (Å²) in [4.78, 5) is 11.2. The van der Waals surface area contributed by atoms with Crippen LogP contribution in [0.3, 0.4) is 0 Å². The smallest absolute Gasteiger partial charge is 0.220 e. The molecule has 1 aliphatic heterocycles. The molecule has 17 heavy (non-hydrogen) atoms. The summed E-state index contributed by atoms with van der Waals surface area (Å²) in [5.41, 5.74) is 2.38. The highest BCUT2D eigenvalue weighted by molar-refractivity contribution is 5.78. The van der Waals surface area contributed by atoms with Gasteiger partial charge in [0.1, 0.15) is 5.75 Å². The Hall–Kier alpha value is -1.51. The molecule has 1 aromatic rings. The van der Waals surface area contributed by atoms with Crippen molar-refractivity contribution in [1.82, 2.24) is 5.32 Å². The van der Waals surface area contributed by atoms with E-state index in [9.17, 15) is 4.79 Å². The first-order valence-electron chi connectivity index (χ1n) is 6.09. The Morgan fingerprint density at radius 1 is 1.41 bits per heavy atom. The van der Waals surface area contributed by atoms with Crippen LogP contribution in [0.25, 0.3) is 0 Å². The number of ether oxygens (including phenoxy) is 1. The zero-order valence-corrected chi connectivity index (χ0v) is 10.6. The Balaban J connectivity index is 2.30. The lowest BCUT2D eigenvalue weighted by molar-refractivity contribution is -0.119. The third kappa shape index (κ3) is 2.43. The van der Waals surface area contributed by atoms with Crippen molar-refractivity contribution in [2.75, 3.05) is 7.11 Å². The summed E-state index contributed by atoms with van der Waals surface area (Å²) in [6.45, 7) is 4.30. The van der Waals surface area contributed by atoms with Crippen molar-refractivity contribution in [2.45, 2.75) is 38.6 Å². The van der Waals surface area contributed by atoms with Gasteiger partial charge in [0, 0.05) is 6.42 Å². The summed E-state index contributed by atoms with van der Waals surface area (Å²) in [7, 11) is 1.69. The molecular weight excluding hydrogens is 214 g/mol. The fourth-order valence-corrected chi connectivity index (χ4v) is 2.28. The Morgan fingerprint density at radius 2 is 2.18 bits per heavy atom. The Kier molecular flexibility index (Phi) is 3.36. The second-order valence-electron chi connectivity index (χ2n) is 4.81. The van der Waals surface area contributed by atoms with Gasteiger partial charge in [0.25, 0.3) is 0 Å². The summed E-state index contributed by atoms with van der Waals surface area (Å²) < 4.78 is 5.36. The first-order chi connectivity index (χ1) is 8.11. The molecule has 1 heterocycles. The minimum atomic E-state index is 0.150. The summed E-state index contributed by atoms with van der Waals surface area (Å²) >= 11 is 0.